The van der Waals surface area contributed by atoms with E-state index in [1.54, 1.807) is 0 Å². The molecule has 0 aromatic carbocycles. The zero-order valence-corrected chi connectivity index (χ0v) is 15.4. The minimum absolute atomic E-state index is 0.147. The lowest BCUT2D eigenvalue weighted by atomic mass is 9.94. The standard InChI is InChI=1S/C13H20I2O4/c1-2-18-12(17)13(15)7-5-3-4-6-11(16)19-10(8-13)9-14/h10H,2-9H2,1H3. The van der Waals surface area contributed by atoms with Crippen LogP contribution >= 0.6 is 45.2 Å². The molecule has 1 heterocycles. The average molecular weight is 494 g/mol. The third-order valence-corrected chi connectivity index (χ3v) is 5.52. The van der Waals surface area contributed by atoms with Crippen molar-refractivity contribution in [2.45, 2.75) is 55.0 Å². The lowest BCUT2D eigenvalue weighted by molar-refractivity contribution is -0.153. The van der Waals surface area contributed by atoms with E-state index in [1.165, 1.54) is 0 Å². The molecular formula is C13H20I2O4. The van der Waals surface area contributed by atoms with E-state index in [2.05, 4.69) is 45.2 Å². The van der Waals surface area contributed by atoms with E-state index in [9.17, 15) is 9.59 Å². The first-order valence-electron chi connectivity index (χ1n) is 6.63. The summed E-state index contributed by atoms with van der Waals surface area (Å²) < 4.78 is 10.8. The molecule has 0 spiro atoms. The first-order chi connectivity index (χ1) is 9.01. The summed E-state index contributed by atoms with van der Waals surface area (Å²) in [5.41, 5.74) is 0. The maximum Gasteiger partial charge on any atom is 0.322 e. The van der Waals surface area contributed by atoms with Crippen molar-refractivity contribution >= 4 is 57.1 Å². The van der Waals surface area contributed by atoms with Gasteiger partial charge in [0.2, 0.25) is 0 Å². The van der Waals surface area contributed by atoms with Crippen LogP contribution in [0, 0.1) is 0 Å². The van der Waals surface area contributed by atoms with E-state index in [-0.39, 0.29) is 18.0 Å². The molecule has 0 N–H and O–H groups in total. The third-order valence-electron chi connectivity index (χ3n) is 3.12. The quantitative estimate of drug-likeness (QED) is 0.343. The Balaban J connectivity index is 2.80. The van der Waals surface area contributed by atoms with Crippen molar-refractivity contribution in [3.8, 4) is 0 Å². The molecule has 1 aliphatic rings. The average Bonchev–Trinajstić information content (AvgIpc) is 2.37. The Kier molecular flexibility index (Phi) is 7.93. The zero-order valence-electron chi connectivity index (χ0n) is 11.1. The van der Waals surface area contributed by atoms with Gasteiger partial charge in [-0.15, -0.1) is 0 Å². The van der Waals surface area contributed by atoms with E-state index in [0.29, 0.717) is 23.9 Å². The van der Waals surface area contributed by atoms with Gasteiger partial charge in [0.25, 0.3) is 0 Å². The van der Waals surface area contributed by atoms with E-state index >= 15 is 0 Å². The van der Waals surface area contributed by atoms with E-state index in [1.807, 2.05) is 6.92 Å². The predicted molar refractivity (Wildman–Crippen MR) is 89.9 cm³/mol. The predicted octanol–water partition coefficient (Wildman–Crippen LogP) is 3.42. The highest BCUT2D eigenvalue weighted by atomic mass is 127. The molecule has 0 amide bonds. The highest BCUT2D eigenvalue weighted by Gasteiger charge is 2.40. The molecule has 6 heteroatoms. The van der Waals surface area contributed by atoms with Crippen molar-refractivity contribution in [2.75, 3.05) is 11.0 Å². The molecule has 0 radical (unpaired) electrons. The van der Waals surface area contributed by atoms with Gasteiger partial charge in [-0.25, -0.2) is 0 Å². The zero-order chi connectivity index (χ0) is 14.3. The fraction of sp³-hybridized carbons (Fsp3) is 0.846. The Labute approximate surface area is 141 Å². The number of carbonyl (C=O) groups is 2. The van der Waals surface area contributed by atoms with Gasteiger partial charge in [-0.3, -0.25) is 9.59 Å². The molecular weight excluding hydrogens is 474 g/mol. The van der Waals surface area contributed by atoms with Crippen LogP contribution < -0.4 is 0 Å². The van der Waals surface area contributed by atoms with Gasteiger partial charge in [-0.05, 0) is 19.8 Å². The highest BCUT2D eigenvalue weighted by Crippen LogP contribution is 2.35. The molecule has 0 aliphatic carbocycles. The normalized spacial score (nSPS) is 29.4. The van der Waals surface area contributed by atoms with Crippen molar-refractivity contribution < 1.29 is 19.1 Å². The Hall–Kier alpha value is 0.400. The van der Waals surface area contributed by atoms with Crippen LogP contribution in [0.25, 0.3) is 0 Å². The summed E-state index contributed by atoms with van der Waals surface area (Å²) in [7, 11) is 0. The summed E-state index contributed by atoms with van der Waals surface area (Å²) in [6, 6.07) is 0. The second-order valence-corrected chi connectivity index (χ2v) is 7.66. The number of hydrogen-bond donors (Lipinski definition) is 0. The van der Waals surface area contributed by atoms with Crippen molar-refractivity contribution in [3.63, 3.8) is 0 Å². The van der Waals surface area contributed by atoms with Crippen LogP contribution in [-0.4, -0.2) is 32.5 Å². The first kappa shape index (κ1) is 17.5. The Bertz CT molecular complexity index is 322. The minimum atomic E-state index is -0.568. The Morgan fingerprint density at radius 2 is 2.21 bits per heavy atom. The number of cyclic esters (lactones) is 1. The van der Waals surface area contributed by atoms with Gasteiger partial charge in [0.1, 0.15) is 9.53 Å². The highest BCUT2D eigenvalue weighted by molar-refractivity contribution is 14.1. The monoisotopic (exact) mass is 494 g/mol. The van der Waals surface area contributed by atoms with Gasteiger partial charge in [-0.2, -0.15) is 0 Å². The van der Waals surface area contributed by atoms with Gasteiger partial charge in [0.05, 0.1) is 6.61 Å². The second kappa shape index (κ2) is 8.63. The maximum atomic E-state index is 12.2. The number of esters is 2. The number of hydrogen-bond acceptors (Lipinski definition) is 4. The second-order valence-electron chi connectivity index (χ2n) is 4.72. The molecule has 1 aliphatic heterocycles. The topological polar surface area (TPSA) is 52.6 Å². The van der Waals surface area contributed by atoms with Gasteiger partial charge in [-0.1, -0.05) is 58.0 Å². The summed E-state index contributed by atoms with van der Waals surface area (Å²) in [5, 5.41) is 0. The van der Waals surface area contributed by atoms with Gasteiger partial charge < -0.3 is 9.47 Å². The lowest BCUT2D eigenvalue weighted by Gasteiger charge is -2.29. The number of alkyl halides is 2. The molecule has 19 heavy (non-hydrogen) atoms. The van der Waals surface area contributed by atoms with Crippen LogP contribution in [0.3, 0.4) is 0 Å². The Morgan fingerprint density at radius 1 is 1.47 bits per heavy atom. The van der Waals surface area contributed by atoms with Crippen LogP contribution in [0.5, 0.6) is 0 Å². The molecule has 1 saturated heterocycles. The van der Waals surface area contributed by atoms with Crippen LogP contribution in [0.1, 0.15) is 45.4 Å². The van der Waals surface area contributed by atoms with Crippen molar-refractivity contribution in [3.05, 3.63) is 0 Å². The maximum absolute atomic E-state index is 12.2. The number of carbonyl (C=O) groups excluding carboxylic acids is 2. The molecule has 2 atom stereocenters. The molecule has 0 aromatic rings. The first-order valence-corrected chi connectivity index (χ1v) is 9.24. The molecule has 110 valence electrons. The van der Waals surface area contributed by atoms with Crippen LogP contribution in [0.15, 0.2) is 0 Å². The summed E-state index contributed by atoms with van der Waals surface area (Å²) in [5.74, 6) is -0.326. The summed E-state index contributed by atoms with van der Waals surface area (Å²) in [4.78, 5) is 23.8. The SMILES string of the molecule is CCOC(=O)C1(I)CCCCCC(=O)OC(CI)C1. The van der Waals surface area contributed by atoms with Crippen molar-refractivity contribution in [1.29, 1.82) is 0 Å². The smallest absolute Gasteiger partial charge is 0.322 e. The van der Waals surface area contributed by atoms with Crippen LogP contribution in [0.2, 0.25) is 0 Å². The van der Waals surface area contributed by atoms with E-state index in [4.69, 9.17) is 9.47 Å². The molecule has 2 unspecified atom stereocenters. The van der Waals surface area contributed by atoms with Crippen molar-refractivity contribution in [1.82, 2.24) is 0 Å². The molecule has 1 fully saturated rings. The van der Waals surface area contributed by atoms with Gasteiger partial charge in [0.15, 0.2) is 0 Å². The molecule has 0 bridgehead atoms. The minimum Gasteiger partial charge on any atom is -0.465 e. The molecule has 1 rings (SSSR count). The summed E-state index contributed by atoms with van der Waals surface area (Å²) in [6.45, 7) is 2.20. The van der Waals surface area contributed by atoms with Crippen LogP contribution in [0.4, 0.5) is 0 Å². The fourth-order valence-corrected chi connectivity index (χ4v) is 3.65. The van der Waals surface area contributed by atoms with E-state index in [0.717, 1.165) is 25.7 Å². The molecule has 4 nitrogen and oxygen atoms in total. The number of halogens is 2. The fourth-order valence-electron chi connectivity index (χ4n) is 2.13. The molecule has 0 aromatic heterocycles. The molecule has 0 saturated carbocycles. The van der Waals surface area contributed by atoms with Gasteiger partial charge >= 0.3 is 11.9 Å². The van der Waals surface area contributed by atoms with Crippen LogP contribution in [-0.2, 0) is 19.1 Å². The summed E-state index contributed by atoms with van der Waals surface area (Å²) >= 11 is 4.39. The number of ether oxygens (including phenoxy) is 2. The largest absolute Gasteiger partial charge is 0.465 e. The summed E-state index contributed by atoms with van der Waals surface area (Å²) in [6.07, 6.45) is 4.35. The Morgan fingerprint density at radius 3 is 2.84 bits per heavy atom. The van der Waals surface area contributed by atoms with E-state index < -0.39 is 3.42 Å². The lowest BCUT2D eigenvalue weighted by Crippen LogP contribution is -2.39. The third kappa shape index (κ3) is 5.73. The number of rotatable bonds is 3. The van der Waals surface area contributed by atoms with Gasteiger partial charge in [0, 0.05) is 17.3 Å². The van der Waals surface area contributed by atoms with Crippen molar-refractivity contribution in [2.24, 2.45) is 0 Å².